The molecule has 0 rings (SSSR count). The van der Waals surface area contributed by atoms with E-state index in [-0.39, 0.29) is 17.5 Å². The molecule has 0 radical (unpaired) electrons. The fourth-order valence-corrected chi connectivity index (χ4v) is 3.15. The third-order valence-corrected chi connectivity index (χ3v) is 4.40. The SMILES string of the molecule is CCOC(CSC(CCCCCCC#N)C(=O)OC)OCC. The van der Waals surface area contributed by atoms with Crippen LogP contribution >= 0.6 is 11.8 Å². The van der Waals surface area contributed by atoms with Crippen molar-refractivity contribution in [2.45, 2.75) is 63.9 Å². The predicted octanol–water partition coefficient (Wildman–Crippen LogP) is 3.52. The molecule has 0 aromatic heterocycles. The van der Waals surface area contributed by atoms with Crippen LogP contribution in [0.4, 0.5) is 0 Å². The predicted molar refractivity (Wildman–Crippen MR) is 88.6 cm³/mol. The van der Waals surface area contributed by atoms with Gasteiger partial charge in [0.25, 0.3) is 0 Å². The van der Waals surface area contributed by atoms with Crippen LogP contribution in [0.3, 0.4) is 0 Å². The Bertz CT molecular complexity index is 314. The molecule has 1 atom stereocenters. The number of rotatable bonds is 14. The van der Waals surface area contributed by atoms with Crippen molar-refractivity contribution in [1.29, 1.82) is 5.26 Å². The first-order chi connectivity index (χ1) is 10.7. The molecule has 0 aliphatic heterocycles. The fraction of sp³-hybridized carbons (Fsp3) is 0.875. The summed E-state index contributed by atoms with van der Waals surface area (Å²) in [6.07, 6.45) is 5.09. The van der Waals surface area contributed by atoms with Crippen LogP contribution in [0.5, 0.6) is 0 Å². The standard InChI is InChI=1S/C16H29NO4S/c1-4-20-15(21-5-2)13-22-14(16(18)19-3)11-9-7-6-8-10-12-17/h14-15H,4-11,13H2,1-3H3. The van der Waals surface area contributed by atoms with E-state index < -0.39 is 0 Å². The van der Waals surface area contributed by atoms with Crippen LogP contribution in [0, 0.1) is 11.3 Å². The maximum absolute atomic E-state index is 11.8. The van der Waals surface area contributed by atoms with E-state index in [0.717, 1.165) is 32.1 Å². The minimum atomic E-state index is -0.275. The van der Waals surface area contributed by atoms with Gasteiger partial charge in [0.2, 0.25) is 0 Å². The van der Waals surface area contributed by atoms with Gasteiger partial charge in [-0.25, -0.2) is 0 Å². The summed E-state index contributed by atoms with van der Waals surface area (Å²) in [7, 11) is 1.42. The number of unbranched alkanes of at least 4 members (excludes halogenated alkanes) is 4. The molecule has 128 valence electrons. The number of nitrogens with zero attached hydrogens (tertiary/aromatic N) is 1. The second-order valence-corrected chi connectivity index (χ2v) is 6.03. The van der Waals surface area contributed by atoms with E-state index in [1.54, 1.807) is 0 Å². The maximum Gasteiger partial charge on any atom is 0.318 e. The smallest absolute Gasteiger partial charge is 0.318 e. The van der Waals surface area contributed by atoms with Gasteiger partial charge in [-0.1, -0.05) is 19.3 Å². The number of esters is 1. The highest BCUT2D eigenvalue weighted by Gasteiger charge is 2.21. The lowest BCUT2D eigenvalue weighted by molar-refractivity contribution is -0.140. The Kier molecular flexibility index (Phi) is 14.6. The number of hydrogen-bond acceptors (Lipinski definition) is 6. The van der Waals surface area contributed by atoms with E-state index >= 15 is 0 Å². The Morgan fingerprint density at radius 2 is 1.77 bits per heavy atom. The Labute approximate surface area is 138 Å². The van der Waals surface area contributed by atoms with E-state index in [9.17, 15) is 4.79 Å². The van der Waals surface area contributed by atoms with Gasteiger partial charge in [0.05, 0.1) is 13.2 Å². The first-order valence-corrected chi connectivity index (χ1v) is 9.03. The van der Waals surface area contributed by atoms with Crippen LogP contribution in [0.25, 0.3) is 0 Å². The summed E-state index contributed by atoms with van der Waals surface area (Å²) in [6.45, 7) is 5.03. The van der Waals surface area contributed by atoms with Crippen LogP contribution in [0.1, 0.15) is 52.4 Å². The van der Waals surface area contributed by atoms with Crippen molar-refractivity contribution < 1.29 is 19.0 Å². The van der Waals surface area contributed by atoms with Crippen molar-refractivity contribution in [2.24, 2.45) is 0 Å². The van der Waals surface area contributed by atoms with Crippen LogP contribution in [-0.2, 0) is 19.0 Å². The first kappa shape index (κ1) is 21.2. The highest BCUT2D eigenvalue weighted by Crippen LogP contribution is 2.22. The average molecular weight is 331 g/mol. The quantitative estimate of drug-likeness (QED) is 0.275. The number of nitriles is 1. The molecular weight excluding hydrogens is 302 g/mol. The van der Waals surface area contributed by atoms with Crippen LogP contribution < -0.4 is 0 Å². The van der Waals surface area contributed by atoms with Gasteiger partial charge in [0.15, 0.2) is 6.29 Å². The number of methoxy groups -OCH3 is 1. The van der Waals surface area contributed by atoms with Gasteiger partial charge in [0.1, 0.15) is 5.25 Å². The third kappa shape index (κ3) is 10.9. The Morgan fingerprint density at radius 3 is 2.32 bits per heavy atom. The second-order valence-electron chi connectivity index (χ2n) is 4.80. The lowest BCUT2D eigenvalue weighted by atomic mass is 10.1. The van der Waals surface area contributed by atoms with E-state index in [0.29, 0.717) is 25.4 Å². The van der Waals surface area contributed by atoms with Crippen molar-refractivity contribution in [1.82, 2.24) is 0 Å². The molecule has 0 aromatic rings. The minimum Gasteiger partial charge on any atom is -0.468 e. The van der Waals surface area contributed by atoms with Gasteiger partial charge in [-0.2, -0.15) is 5.26 Å². The van der Waals surface area contributed by atoms with Crippen molar-refractivity contribution in [3.05, 3.63) is 0 Å². The zero-order valence-corrected chi connectivity index (χ0v) is 14.8. The molecule has 22 heavy (non-hydrogen) atoms. The number of ether oxygens (including phenoxy) is 3. The molecule has 0 N–H and O–H groups in total. The van der Waals surface area contributed by atoms with Gasteiger partial charge < -0.3 is 14.2 Å². The fourth-order valence-electron chi connectivity index (χ4n) is 2.00. The molecule has 1 unspecified atom stereocenters. The molecule has 0 saturated carbocycles. The summed E-state index contributed by atoms with van der Waals surface area (Å²) in [4.78, 5) is 11.8. The molecule has 0 aliphatic carbocycles. The molecule has 0 saturated heterocycles. The van der Waals surface area contributed by atoms with Crippen LogP contribution in [0.15, 0.2) is 0 Å². The zero-order valence-electron chi connectivity index (χ0n) is 14.0. The summed E-state index contributed by atoms with van der Waals surface area (Å²) < 4.78 is 15.9. The zero-order chi connectivity index (χ0) is 16.6. The number of carbonyl (C=O) groups is 1. The molecule has 0 bridgehead atoms. The summed E-state index contributed by atoms with van der Waals surface area (Å²) >= 11 is 1.53. The topological polar surface area (TPSA) is 68.5 Å². The van der Waals surface area contributed by atoms with Gasteiger partial charge in [-0.05, 0) is 26.7 Å². The Balaban J connectivity index is 4.11. The third-order valence-electron chi connectivity index (χ3n) is 3.11. The van der Waals surface area contributed by atoms with Crippen LogP contribution in [-0.4, -0.2) is 43.6 Å². The number of hydrogen-bond donors (Lipinski definition) is 0. The molecule has 5 nitrogen and oxygen atoms in total. The van der Waals surface area contributed by atoms with Gasteiger partial charge in [0, 0.05) is 25.4 Å². The van der Waals surface area contributed by atoms with Crippen molar-refractivity contribution >= 4 is 17.7 Å². The van der Waals surface area contributed by atoms with Crippen molar-refractivity contribution in [3.63, 3.8) is 0 Å². The average Bonchev–Trinajstić information content (AvgIpc) is 2.53. The van der Waals surface area contributed by atoms with E-state index in [2.05, 4.69) is 6.07 Å². The highest BCUT2D eigenvalue weighted by molar-refractivity contribution is 8.00. The summed E-state index contributed by atoms with van der Waals surface area (Å²) in [5.74, 6) is 0.435. The van der Waals surface area contributed by atoms with Gasteiger partial charge in [-0.15, -0.1) is 11.8 Å². The molecule has 0 aliphatic rings. The first-order valence-electron chi connectivity index (χ1n) is 7.99. The maximum atomic E-state index is 11.8. The highest BCUT2D eigenvalue weighted by atomic mass is 32.2. The van der Waals surface area contributed by atoms with Gasteiger partial charge >= 0.3 is 5.97 Å². The lowest BCUT2D eigenvalue weighted by Crippen LogP contribution is -2.25. The van der Waals surface area contributed by atoms with E-state index in [1.165, 1.54) is 18.9 Å². The normalized spacial score (nSPS) is 12.1. The largest absolute Gasteiger partial charge is 0.468 e. The number of carbonyl (C=O) groups excluding carboxylic acids is 1. The molecule has 0 amide bonds. The van der Waals surface area contributed by atoms with Crippen LogP contribution in [0.2, 0.25) is 0 Å². The Morgan fingerprint density at radius 1 is 1.14 bits per heavy atom. The summed E-state index contributed by atoms with van der Waals surface area (Å²) in [6, 6.07) is 2.15. The molecule has 0 heterocycles. The molecule has 6 heteroatoms. The molecule has 0 spiro atoms. The summed E-state index contributed by atoms with van der Waals surface area (Å²) in [5.41, 5.74) is 0. The monoisotopic (exact) mass is 331 g/mol. The molecule has 0 aromatic carbocycles. The molecule has 0 fully saturated rings. The summed E-state index contributed by atoms with van der Waals surface area (Å²) in [5, 5.41) is 8.31. The van der Waals surface area contributed by atoms with E-state index in [4.69, 9.17) is 19.5 Å². The number of thioether (sulfide) groups is 1. The Hall–Kier alpha value is -0.770. The van der Waals surface area contributed by atoms with Crippen molar-refractivity contribution in [3.8, 4) is 6.07 Å². The second kappa shape index (κ2) is 15.1. The van der Waals surface area contributed by atoms with Gasteiger partial charge in [-0.3, -0.25) is 4.79 Å². The minimum absolute atomic E-state index is 0.177. The molecular formula is C16H29NO4S. The van der Waals surface area contributed by atoms with Crippen molar-refractivity contribution in [2.75, 3.05) is 26.1 Å². The lowest BCUT2D eigenvalue weighted by Gasteiger charge is -2.20. The van der Waals surface area contributed by atoms with E-state index in [1.807, 2.05) is 13.8 Å².